The van der Waals surface area contributed by atoms with Gasteiger partial charge in [0.15, 0.2) is 5.04 Å². The van der Waals surface area contributed by atoms with Gasteiger partial charge in [-0.3, -0.25) is 9.79 Å². The molecule has 0 aromatic heterocycles. The Morgan fingerprint density at radius 2 is 2.50 bits per heavy atom. The van der Waals surface area contributed by atoms with E-state index in [9.17, 15) is 4.79 Å². The molecule has 0 aromatic carbocycles. The number of piperidine rings is 1. The molecule has 1 amide bonds. The van der Waals surface area contributed by atoms with Crippen LogP contribution in [0.4, 0.5) is 0 Å². The summed E-state index contributed by atoms with van der Waals surface area (Å²) in [6, 6.07) is 0. The second kappa shape index (κ2) is 3.24. The van der Waals surface area contributed by atoms with Crippen LogP contribution in [-0.2, 0) is 4.79 Å². The van der Waals surface area contributed by atoms with Gasteiger partial charge in [-0.1, -0.05) is 11.8 Å². The summed E-state index contributed by atoms with van der Waals surface area (Å²) in [5, 5.41) is 0.900. The Labute approximate surface area is 87.9 Å². The summed E-state index contributed by atoms with van der Waals surface area (Å²) >= 11 is 1.54. The van der Waals surface area contributed by atoms with Gasteiger partial charge in [0, 0.05) is 18.3 Å². The SMILES string of the molecule is CN1CCC2(C)N=C(C(N)=O)SC2C1. The van der Waals surface area contributed by atoms with Gasteiger partial charge in [0.05, 0.1) is 5.54 Å². The number of rotatable bonds is 1. The zero-order chi connectivity index (χ0) is 10.3. The number of carbonyl (C=O) groups excluding carboxylic acids is 1. The van der Waals surface area contributed by atoms with Gasteiger partial charge in [-0.2, -0.15) is 0 Å². The minimum absolute atomic E-state index is 0.0679. The van der Waals surface area contributed by atoms with Gasteiger partial charge >= 0.3 is 0 Å². The number of fused-ring (bicyclic) bond motifs is 1. The number of primary amides is 1. The minimum Gasteiger partial charge on any atom is -0.364 e. The Balaban J connectivity index is 2.19. The standard InChI is InChI=1S/C9H15N3OS/c1-9-3-4-12(2)5-6(9)14-8(11-9)7(10)13/h6H,3-5H2,1-2H3,(H2,10,13). The van der Waals surface area contributed by atoms with Gasteiger partial charge in [-0.25, -0.2) is 0 Å². The van der Waals surface area contributed by atoms with Crippen molar-refractivity contribution in [3.05, 3.63) is 0 Å². The topological polar surface area (TPSA) is 58.7 Å². The summed E-state index contributed by atoms with van der Waals surface area (Å²) in [6.07, 6.45) is 1.01. The summed E-state index contributed by atoms with van der Waals surface area (Å²) < 4.78 is 0. The van der Waals surface area contributed by atoms with Gasteiger partial charge in [0.1, 0.15) is 0 Å². The smallest absolute Gasteiger partial charge is 0.273 e. The van der Waals surface area contributed by atoms with Crippen molar-refractivity contribution < 1.29 is 4.79 Å². The maximum atomic E-state index is 11.0. The normalized spacial score (nSPS) is 37.9. The van der Waals surface area contributed by atoms with E-state index in [4.69, 9.17) is 5.73 Å². The molecule has 0 radical (unpaired) electrons. The lowest BCUT2D eigenvalue weighted by Gasteiger charge is -2.37. The van der Waals surface area contributed by atoms with Gasteiger partial charge < -0.3 is 10.6 Å². The van der Waals surface area contributed by atoms with Crippen molar-refractivity contribution >= 4 is 22.7 Å². The second-order valence-corrected chi connectivity index (χ2v) is 5.45. The van der Waals surface area contributed by atoms with Crippen LogP contribution in [0.3, 0.4) is 0 Å². The van der Waals surface area contributed by atoms with Crippen LogP contribution >= 0.6 is 11.8 Å². The zero-order valence-electron chi connectivity index (χ0n) is 8.49. The third-order valence-corrected chi connectivity index (χ3v) is 4.45. The summed E-state index contributed by atoms with van der Waals surface area (Å²) in [7, 11) is 2.10. The number of aliphatic imine (C=N–C) groups is 1. The molecule has 0 bridgehead atoms. The zero-order valence-corrected chi connectivity index (χ0v) is 9.30. The molecule has 5 heteroatoms. The van der Waals surface area contributed by atoms with Crippen molar-refractivity contribution in [3.63, 3.8) is 0 Å². The van der Waals surface area contributed by atoms with Crippen molar-refractivity contribution in [3.8, 4) is 0 Å². The molecule has 2 aliphatic rings. The van der Waals surface area contributed by atoms with Crippen molar-refractivity contribution in [1.29, 1.82) is 0 Å². The molecule has 0 aliphatic carbocycles. The molecule has 2 N–H and O–H groups in total. The summed E-state index contributed by atoms with van der Waals surface area (Å²) in [5.74, 6) is -0.381. The number of nitrogens with zero attached hydrogens (tertiary/aromatic N) is 2. The third kappa shape index (κ3) is 1.54. The van der Waals surface area contributed by atoms with Crippen LogP contribution in [0.2, 0.25) is 0 Å². The number of nitrogens with two attached hydrogens (primary N) is 1. The quantitative estimate of drug-likeness (QED) is 0.671. The number of amides is 1. The first kappa shape index (κ1) is 9.98. The molecule has 0 saturated carbocycles. The van der Waals surface area contributed by atoms with E-state index in [1.807, 2.05) is 0 Å². The highest BCUT2D eigenvalue weighted by atomic mass is 32.2. The Morgan fingerprint density at radius 1 is 1.79 bits per heavy atom. The maximum Gasteiger partial charge on any atom is 0.273 e. The van der Waals surface area contributed by atoms with Crippen molar-refractivity contribution in [2.24, 2.45) is 10.7 Å². The van der Waals surface area contributed by atoms with Gasteiger partial charge in [-0.15, -0.1) is 0 Å². The molecule has 2 atom stereocenters. The molecule has 4 nitrogen and oxygen atoms in total. The monoisotopic (exact) mass is 213 g/mol. The Morgan fingerprint density at radius 3 is 3.14 bits per heavy atom. The number of hydrogen-bond donors (Lipinski definition) is 1. The highest BCUT2D eigenvalue weighted by molar-refractivity contribution is 8.16. The largest absolute Gasteiger partial charge is 0.364 e. The number of carbonyl (C=O) groups is 1. The van der Waals surface area contributed by atoms with E-state index in [-0.39, 0.29) is 11.4 Å². The first-order valence-corrected chi connectivity index (χ1v) is 5.64. The fraction of sp³-hybridized carbons (Fsp3) is 0.778. The molecule has 78 valence electrons. The molecule has 1 saturated heterocycles. The first-order chi connectivity index (χ1) is 6.51. The number of hydrogen-bond acceptors (Lipinski definition) is 4. The number of thioether (sulfide) groups is 1. The van der Waals surface area contributed by atoms with Gasteiger partial charge in [0.2, 0.25) is 0 Å². The predicted molar refractivity (Wildman–Crippen MR) is 58.5 cm³/mol. The van der Waals surface area contributed by atoms with Crippen LogP contribution in [0.25, 0.3) is 0 Å². The number of likely N-dealkylation sites (tertiary alicyclic amines) is 1. The molecular weight excluding hydrogens is 198 g/mol. The molecule has 0 spiro atoms. The van der Waals surface area contributed by atoms with Crippen LogP contribution in [0.15, 0.2) is 4.99 Å². The molecular formula is C9H15N3OS. The lowest BCUT2D eigenvalue weighted by Crippen LogP contribution is -2.47. The van der Waals surface area contributed by atoms with Gasteiger partial charge in [0.25, 0.3) is 5.91 Å². The fourth-order valence-electron chi connectivity index (χ4n) is 1.95. The predicted octanol–water partition coefficient (Wildman–Crippen LogP) is 0.0798. The summed E-state index contributed by atoms with van der Waals surface area (Å²) in [5.41, 5.74) is 5.17. The van der Waals surface area contributed by atoms with Crippen LogP contribution in [0.5, 0.6) is 0 Å². The summed E-state index contributed by atoms with van der Waals surface area (Å²) in [4.78, 5) is 17.8. The highest BCUT2D eigenvalue weighted by Crippen LogP contribution is 2.40. The van der Waals surface area contributed by atoms with Crippen LogP contribution in [0, 0.1) is 0 Å². The third-order valence-electron chi connectivity index (χ3n) is 2.99. The van der Waals surface area contributed by atoms with E-state index >= 15 is 0 Å². The van der Waals surface area contributed by atoms with Crippen LogP contribution in [-0.4, -0.2) is 46.8 Å². The average molecular weight is 213 g/mol. The van der Waals surface area contributed by atoms with Crippen molar-refractivity contribution in [1.82, 2.24) is 4.90 Å². The van der Waals surface area contributed by atoms with Crippen LogP contribution in [0.1, 0.15) is 13.3 Å². The van der Waals surface area contributed by atoms with E-state index in [1.54, 1.807) is 0 Å². The molecule has 2 aliphatic heterocycles. The first-order valence-electron chi connectivity index (χ1n) is 4.76. The van der Waals surface area contributed by atoms with Gasteiger partial charge in [-0.05, 0) is 20.4 Å². The summed E-state index contributed by atoms with van der Waals surface area (Å²) in [6.45, 7) is 4.15. The maximum absolute atomic E-state index is 11.0. The molecule has 14 heavy (non-hydrogen) atoms. The Bertz CT molecular complexity index is 304. The molecule has 2 rings (SSSR count). The van der Waals surface area contributed by atoms with Crippen LogP contribution < -0.4 is 5.73 Å². The minimum atomic E-state index is -0.381. The van der Waals surface area contributed by atoms with E-state index in [1.165, 1.54) is 11.8 Å². The fourth-order valence-corrected chi connectivity index (χ4v) is 3.35. The average Bonchev–Trinajstić information content (AvgIpc) is 2.43. The van der Waals surface area contributed by atoms with Crippen molar-refractivity contribution in [2.45, 2.75) is 24.1 Å². The van der Waals surface area contributed by atoms with Crippen molar-refractivity contribution in [2.75, 3.05) is 20.1 Å². The lowest BCUT2D eigenvalue weighted by molar-refractivity contribution is -0.111. The molecule has 2 unspecified atom stereocenters. The van der Waals surface area contributed by atoms with E-state index < -0.39 is 0 Å². The van der Waals surface area contributed by atoms with E-state index in [0.29, 0.717) is 10.3 Å². The molecule has 0 aromatic rings. The lowest BCUT2D eigenvalue weighted by atomic mass is 9.90. The second-order valence-electron chi connectivity index (χ2n) is 4.26. The van der Waals surface area contributed by atoms with E-state index in [2.05, 4.69) is 23.9 Å². The molecule has 2 heterocycles. The Hall–Kier alpha value is -0.550. The highest BCUT2D eigenvalue weighted by Gasteiger charge is 2.45. The van der Waals surface area contributed by atoms with E-state index in [0.717, 1.165) is 19.5 Å². The Kier molecular flexibility index (Phi) is 2.31. The molecule has 1 fully saturated rings.